The van der Waals surface area contributed by atoms with E-state index in [1.165, 1.54) is 11.1 Å². The number of nitrogens with one attached hydrogen (secondary N) is 2. The van der Waals surface area contributed by atoms with Crippen molar-refractivity contribution in [2.75, 3.05) is 7.05 Å². The Kier molecular flexibility index (Phi) is 3.30. The lowest BCUT2D eigenvalue weighted by atomic mass is 10.1. The largest absolute Gasteiger partial charge is 0.478 e. The van der Waals surface area contributed by atoms with Crippen LogP contribution in [0.4, 0.5) is 0 Å². The van der Waals surface area contributed by atoms with Gasteiger partial charge in [0.2, 0.25) is 0 Å². The molecular formula is C9H11N5O2. The molecule has 5 N–H and O–H groups in total. The maximum Gasteiger partial charge on any atom is 0.339 e. The molecule has 0 spiro atoms. The molecule has 0 aliphatic carbocycles. The van der Waals surface area contributed by atoms with E-state index in [2.05, 4.69) is 17.4 Å². The average molecular weight is 221 g/mol. The van der Waals surface area contributed by atoms with Crippen molar-refractivity contribution in [3.8, 4) is 6.07 Å². The zero-order chi connectivity index (χ0) is 12.3. The van der Waals surface area contributed by atoms with Gasteiger partial charge in [0, 0.05) is 7.05 Å². The normalized spacial score (nSPS) is 15.7. The number of aliphatic carboxylic acids is 1. The predicted octanol–water partition coefficient (Wildman–Crippen LogP) is -0.840. The lowest BCUT2D eigenvalue weighted by Gasteiger charge is -2.30. The first-order valence-electron chi connectivity index (χ1n) is 4.29. The highest BCUT2D eigenvalue weighted by Gasteiger charge is 2.26. The Morgan fingerprint density at radius 1 is 1.75 bits per heavy atom. The second-order valence-corrected chi connectivity index (χ2v) is 2.90. The Balaban J connectivity index is 3.38. The number of hydrogen-bond acceptors (Lipinski definition) is 6. The van der Waals surface area contributed by atoms with Crippen LogP contribution in [0.15, 0.2) is 35.3 Å². The van der Waals surface area contributed by atoms with E-state index < -0.39 is 5.97 Å². The fraction of sp³-hybridized carbons (Fsp3) is 0.111. The summed E-state index contributed by atoms with van der Waals surface area (Å²) in [5.74, 6) is 4.31. The van der Waals surface area contributed by atoms with Crippen molar-refractivity contribution in [1.29, 1.82) is 5.26 Å². The molecule has 16 heavy (non-hydrogen) atoms. The molecule has 1 aliphatic heterocycles. The molecule has 0 bridgehead atoms. The van der Waals surface area contributed by atoms with Crippen LogP contribution in [-0.4, -0.2) is 23.1 Å². The second-order valence-electron chi connectivity index (χ2n) is 2.90. The van der Waals surface area contributed by atoms with E-state index in [-0.39, 0.29) is 22.7 Å². The summed E-state index contributed by atoms with van der Waals surface area (Å²) >= 11 is 0. The first kappa shape index (κ1) is 11.8. The van der Waals surface area contributed by atoms with Gasteiger partial charge in [-0.15, -0.1) is 0 Å². The highest BCUT2D eigenvalue weighted by Crippen LogP contribution is 2.24. The van der Waals surface area contributed by atoms with Gasteiger partial charge in [-0.25, -0.2) is 9.80 Å². The van der Waals surface area contributed by atoms with Gasteiger partial charge in [-0.1, -0.05) is 6.58 Å². The van der Waals surface area contributed by atoms with E-state index in [0.29, 0.717) is 0 Å². The fourth-order valence-electron chi connectivity index (χ4n) is 1.32. The third-order valence-corrected chi connectivity index (χ3v) is 2.06. The van der Waals surface area contributed by atoms with Gasteiger partial charge in [-0.3, -0.25) is 5.84 Å². The third-order valence-electron chi connectivity index (χ3n) is 2.06. The van der Waals surface area contributed by atoms with Crippen LogP contribution in [0.3, 0.4) is 0 Å². The number of carbonyl (C=O) groups is 1. The maximum atomic E-state index is 11.0. The van der Waals surface area contributed by atoms with Gasteiger partial charge in [0.15, 0.2) is 0 Å². The number of nitrogens with zero attached hydrogens (tertiary/aromatic N) is 2. The molecule has 0 unspecified atom stereocenters. The van der Waals surface area contributed by atoms with Gasteiger partial charge in [-0.2, -0.15) is 10.8 Å². The topological polar surface area (TPSA) is 114 Å². The Hall–Kier alpha value is -2.30. The zero-order valence-electron chi connectivity index (χ0n) is 8.61. The number of nitriles is 1. The minimum atomic E-state index is -1.16. The molecule has 0 aromatic rings. The van der Waals surface area contributed by atoms with Crippen molar-refractivity contribution in [2.24, 2.45) is 5.84 Å². The van der Waals surface area contributed by atoms with Gasteiger partial charge in [0.1, 0.15) is 17.5 Å². The Bertz CT molecular complexity index is 443. The van der Waals surface area contributed by atoms with Crippen LogP contribution >= 0.6 is 0 Å². The number of allylic oxidation sites excluding steroid dienone is 1. The molecule has 0 fully saturated rings. The van der Waals surface area contributed by atoms with Crippen molar-refractivity contribution < 1.29 is 9.90 Å². The van der Waals surface area contributed by atoms with Crippen LogP contribution < -0.4 is 16.7 Å². The lowest BCUT2D eigenvalue weighted by Crippen LogP contribution is -2.47. The summed E-state index contributed by atoms with van der Waals surface area (Å²) < 4.78 is 0. The fourth-order valence-corrected chi connectivity index (χ4v) is 1.32. The van der Waals surface area contributed by atoms with Gasteiger partial charge in [0.25, 0.3) is 0 Å². The molecule has 1 aliphatic rings. The molecule has 0 radical (unpaired) electrons. The molecule has 0 aromatic heterocycles. The smallest absolute Gasteiger partial charge is 0.339 e. The van der Waals surface area contributed by atoms with E-state index in [9.17, 15) is 4.79 Å². The van der Waals surface area contributed by atoms with Gasteiger partial charge in [0.05, 0.1) is 11.3 Å². The summed E-state index contributed by atoms with van der Waals surface area (Å²) in [6.45, 7) is 3.64. The number of nitrogens with two attached hydrogens (primary N) is 1. The summed E-state index contributed by atoms with van der Waals surface area (Å²) in [7, 11) is 1.54. The van der Waals surface area contributed by atoms with E-state index in [1.54, 1.807) is 7.05 Å². The highest BCUT2D eigenvalue weighted by molar-refractivity contribution is 5.92. The van der Waals surface area contributed by atoms with Crippen molar-refractivity contribution in [2.45, 2.75) is 0 Å². The van der Waals surface area contributed by atoms with Crippen LogP contribution in [0, 0.1) is 11.3 Å². The minimum absolute atomic E-state index is 0.0654. The minimum Gasteiger partial charge on any atom is -0.478 e. The Morgan fingerprint density at radius 3 is 2.75 bits per heavy atom. The van der Waals surface area contributed by atoms with Crippen LogP contribution in [-0.2, 0) is 4.79 Å². The number of hydrogen-bond donors (Lipinski definition) is 4. The van der Waals surface area contributed by atoms with E-state index in [4.69, 9.17) is 16.2 Å². The maximum absolute atomic E-state index is 11.0. The number of carboxylic acid groups (broad SMARTS) is 1. The Labute approximate surface area is 92.1 Å². The number of hydrazine groups is 2. The summed E-state index contributed by atoms with van der Waals surface area (Å²) in [4.78, 5) is 11.0. The van der Waals surface area contributed by atoms with E-state index in [1.807, 2.05) is 6.07 Å². The monoisotopic (exact) mass is 221 g/mol. The second kappa shape index (κ2) is 4.48. The molecule has 7 nitrogen and oxygen atoms in total. The molecule has 0 aromatic carbocycles. The molecule has 0 saturated carbocycles. The van der Waals surface area contributed by atoms with Crippen LogP contribution in [0.5, 0.6) is 0 Å². The average Bonchev–Trinajstić information content (AvgIpc) is 2.27. The molecular weight excluding hydrogens is 210 g/mol. The molecule has 0 atom stereocenters. The lowest BCUT2D eigenvalue weighted by molar-refractivity contribution is -0.132. The van der Waals surface area contributed by atoms with Gasteiger partial charge < -0.3 is 10.4 Å². The van der Waals surface area contributed by atoms with Gasteiger partial charge >= 0.3 is 5.97 Å². The molecule has 84 valence electrons. The van der Waals surface area contributed by atoms with E-state index >= 15 is 0 Å². The first-order chi connectivity index (χ1) is 7.56. The number of carboxylic acids is 1. The summed E-state index contributed by atoms with van der Waals surface area (Å²) in [6, 6.07) is 1.85. The van der Waals surface area contributed by atoms with Gasteiger partial charge in [-0.05, 0) is 6.08 Å². The van der Waals surface area contributed by atoms with Crippen molar-refractivity contribution in [1.82, 2.24) is 15.9 Å². The summed E-state index contributed by atoms with van der Waals surface area (Å²) in [5.41, 5.74) is 2.61. The SMILES string of the molecule is C=C1C(C#N)=CC(C(=O)O)=C(NC)N1NN. The zero-order valence-corrected chi connectivity index (χ0v) is 8.61. The van der Waals surface area contributed by atoms with E-state index in [0.717, 1.165) is 0 Å². The predicted molar refractivity (Wildman–Crippen MR) is 55.7 cm³/mol. The molecule has 7 heteroatoms. The summed E-state index contributed by atoms with van der Waals surface area (Å²) in [5, 5.41) is 21.7. The summed E-state index contributed by atoms with van der Waals surface area (Å²) in [6.07, 6.45) is 1.24. The molecule has 0 amide bonds. The van der Waals surface area contributed by atoms with Crippen molar-refractivity contribution in [3.05, 3.63) is 35.3 Å². The van der Waals surface area contributed by atoms with Crippen LogP contribution in [0.25, 0.3) is 0 Å². The molecule has 1 heterocycles. The Morgan fingerprint density at radius 2 is 2.38 bits per heavy atom. The van der Waals surface area contributed by atoms with Crippen molar-refractivity contribution >= 4 is 5.97 Å². The van der Waals surface area contributed by atoms with Crippen LogP contribution in [0.2, 0.25) is 0 Å². The molecule has 1 rings (SSSR count). The van der Waals surface area contributed by atoms with Crippen molar-refractivity contribution in [3.63, 3.8) is 0 Å². The standard InChI is InChI=1S/C9H11N5O2/c1-5-6(4-10)3-7(9(15)16)8(12-2)14(5)13-11/h3,12-13H,1,11H2,2H3,(H,15,16). The molecule has 0 saturated heterocycles. The third kappa shape index (κ3) is 1.75. The highest BCUT2D eigenvalue weighted by atomic mass is 16.4. The van der Waals surface area contributed by atoms with Crippen LogP contribution in [0.1, 0.15) is 0 Å². The first-order valence-corrected chi connectivity index (χ1v) is 4.29. The number of rotatable bonds is 3. The quantitative estimate of drug-likeness (QED) is 0.363.